The molecule has 5 nitrogen and oxygen atoms in total. The predicted octanol–water partition coefficient (Wildman–Crippen LogP) is 4.56. The highest BCUT2D eigenvalue weighted by atomic mass is 16.5. The van der Waals surface area contributed by atoms with Gasteiger partial charge in [-0.25, -0.2) is 0 Å². The molecule has 0 bridgehead atoms. The Kier molecular flexibility index (Phi) is 13.4. The molecule has 0 aromatic rings. The smallest absolute Gasteiger partial charge is 0.312 e. The molecular formula is C22H41NO4. The van der Waals surface area contributed by atoms with Crippen LogP contribution in [0.4, 0.5) is 0 Å². The molecule has 158 valence electrons. The van der Waals surface area contributed by atoms with Gasteiger partial charge >= 0.3 is 11.9 Å². The highest BCUT2D eigenvalue weighted by molar-refractivity contribution is 5.79. The van der Waals surface area contributed by atoms with Crippen molar-refractivity contribution in [2.45, 2.75) is 98.7 Å². The highest BCUT2D eigenvalue weighted by Gasteiger charge is 2.37. The molecule has 0 aliphatic rings. The van der Waals surface area contributed by atoms with Gasteiger partial charge in [0.2, 0.25) is 0 Å². The highest BCUT2D eigenvalue weighted by Crippen LogP contribution is 2.28. The van der Waals surface area contributed by atoms with Gasteiger partial charge < -0.3 is 14.8 Å². The summed E-state index contributed by atoms with van der Waals surface area (Å²) < 4.78 is 10.9. The van der Waals surface area contributed by atoms with E-state index in [9.17, 15) is 9.59 Å². The molecule has 4 unspecified atom stereocenters. The van der Waals surface area contributed by atoms with Crippen LogP contribution < -0.4 is 5.32 Å². The van der Waals surface area contributed by atoms with Crippen LogP contribution in [0.1, 0.15) is 86.5 Å². The Morgan fingerprint density at radius 3 is 2.15 bits per heavy atom. The van der Waals surface area contributed by atoms with Gasteiger partial charge in [-0.05, 0) is 59.9 Å². The zero-order valence-corrected chi connectivity index (χ0v) is 18.3. The fourth-order valence-electron chi connectivity index (χ4n) is 2.57. The lowest BCUT2D eigenvalue weighted by Crippen LogP contribution is -2.39. The van der Waals surface area contributed by atoms with Gasteiger partial charge in [0.1, 0.15) is 0 Å². The minimum absolute atomic E-state index is 0.152. The Morgan fingerprint density at radius 2 is 1.59 bits per heavy atom. The second-order valence-corrected chi connectivity index (χ2v) is 7.86. The third-order valence-corrected chi connectivity index (χ3v) is 4.84. The summed E-state index contributed by atoms with van der Waals surface area (Å²) in [5.41, 5.74) is -1.23. The quantitative estimate of drug-likeness (QED) is 0.332. The zero-order chi connectivity index (χ0) is 20.9. The third-order valence-electron chi connectivity index (χ3n) is 4.84. The Hall–Kier alpha value is -1.10. The number of hydrogen-bond donors (Lipinski definition) is 1. The van der Waals surface area contributed by atoms with Crippen molar-refractivity contribution in [2.24, 2.45) is 11.3 Å². The van der Waals surface area contributed by atoms with Crippen molar-refractivity contribution in [1.29, 1.82) is 0 Å². The van der Waals surface area contributed by atoms with Crippen LogP contribution in [0.15, 0.2) is 0 Å². The van der Waals surface area contributed by atoms with Crippen molar-refractivity contribution < 1.29 is 19.1 Å². The van der Waals surface area contributed by atoms with Crippen LogP contribution in [0.3, 0.4) is 0 Å². The molecule has 0 aromatic heterocycles. The number of unbranched alkanes of at least 4 members (excludes halogenated alkanes) is 3. The second kappa shape index (κ2) is 14.0. The van der Waals surface area contributed by atoms with E-state index in [2.05, 4.69) is 12.2 Å². The summed E-state index contributed by atoms with van der Waals surface area (Å²) in [6.45, 7) is 18.9. The van der Waals surface area contributed by atoms with E-state index in [0.717, 1.165) is 25.8 Å². The lowest BCUT2D eigenvalue weighted by molar-refractivity contribution is -0.161. The van der Waals surface area contributed by atoms with E-state index in [1.54, 1.807) is 6.92 Å². The first kappa shape index (κ1) is 25.9. The Balaban J connectivity index is 4.84. The zero-order valence-electron chi connectivity index (χ0n) is 18.3. The maximum atomic E-state index is 12.6. The van der Waals surface area contributed by atoms with Crippen LogP contribution >= 0.6 is 0 Å². The van der Waals surface area contributed by atoms with E-state index in [0.29, 0.717) is 6.54 Å². The van der Waals surface area contributed by atoms with Gasteiger partial charge in [-0.3, -0.25) is 9.59 Å². The number of esters is 2. The molecular weight excluding hydrogens is 342 g/mol. The summed E-state index contributed by atoms with van der Waals surface area (Å²) in [6, 6.07) is 0. The molecule has 5 heteroatoms. The van der Waals surface area contributed by atoms with E-state index in [-0.39, 0.29) is 24.6 Å². The van der Waals surface area contributed by atoms with Crippen molar-refractivity contribution >= 4 is 11.9 Å². The van der Waals surface area contributed by atoms with Gasteiger partial charge in [0.25, 0.3) is 0 Å². The minimum Gasteiger partial charge on any atom is -0.462 e. The fourth-order valence-corrected chi connectivity index (χ4v) is 2.57. The van der Waals surface area contributed by atoms with Gasteiger partial charge in [-0.15, -0.1) is 0 Å². The molecule has 1 N–H and O–H groups in total. The summed E-state index contributed by atoms with van der Waals surface area (Å²) in [5, 5.41) is 3.32. The SMILES string of the molecule is [CH]C(C)(CC(CNCCCCCC)C(=O)OC(C)CC)C(=O)OC(C)CC. The van der Waals surface area contributed by atoms with E-state index in [4.69, 9.17) is 16.4 Å². The standard InChI is InChI=1S/C22H41NO4/c1-8-11-12-13-14-23-16-19(20(24)26-17(4)9-2)15-22(6,7)21(25)27-18(5)10-3/h6,17-19,23H,8-16H2,1-5,7H3. The number of carbonyl (C=O) groups excluding carboxylic acids is 2. The molecule has 0 saturated carbocycles. The van der Waals surface area contributed by atoms with E-state index in [1.807, 2.05) is 27.7 Å². The lowest BCUT2D eigenvalue weighted by Gasteiger charge is -2.28. The van der Waals surface area contributed by atoms with E-state index >= 15 is 0 Å². The van der Waals surface area contributed by atoms with Gasteiger partial charge in [-0.2, -0.15) is 0 Å². The molecule has 0 saturated heterocycles. The first-order chi connectivity index (χ1) is 12.7. The van der Waals surface area contributed by atoms with E-state index in [1.165, 1.54) is 19.3 Å². The van der Waals surface area contributed by atoms with Crippen molar-refractivity contribution in [3.05, 3.63) is 6.92 Å². The summed E-state index contributed by atoms with van der Waals surface area (Å²) in [5.74, 6) is -1.26. The Bertz CT molecular complexity index is 423. The van der Waals surface area contributed by atoms with Crippen LogP contribution in [-0.2, 0) is 19.1 Å². The maximum Gasteiger partial charge on any atom is 0.312 e. The number of hydrogen-bond acceptors (Lipinski definition) is 5. The number of nitrogens with one attached hydrogen (secondary N) is 1. The number of carbonyl (C=O) groups is 2. The molecule has 2 radical (unpaired) electrons. The molecule has 0 amide bonds. The number of rotatable bonds is 15. The maximum absolute atomic E-state index is 12.6. The average molecular weight is 384 g/mol. The normalized spacial score (nSPS) is 15.1. The van der Waals surface area contributed by atoms with Gasteiger partial charge in [0.05, 0.1) is 23.5 Å². The average Bonchev–Trinajstić information content (AvgIpc) is 2.62. The molecule has 0 rings (SSSR count). The van der Waals surface area contributed by atoms with Gasteiger partial charge in [-0.1, -0.05) is 40.0 Å². The van der Waals surface area contributed by atoms with Crippen LogP contribution in [0.25, 0.3) is 0 Å². The molecule has 0 fully saturated rings. The molecule has 0 aromatic carbocycles. The van der Waals surface area contributed by atoms with Crippen LogP contribution in [0.2, 0.25) is 0 Å². The molecule has 0 aliphatic heterocycles. The summed E-state index contributed by atoms with van der Waals surface area (Å²) >= 11 is 0. The summed E-state index contributed by atoms with van der Waals surface area (Å²) in [6.07, 6.45) is 5.96. The molecule has 0 spiro atoms. The molecule has 4 atom stereocenters. The van der Waals surface area contributed by atoms with Crippen molar-refractivity contribution in [2.75, 3.05) is 13.1 Å². The summed E-state index contributed by atoms with van der Waals surface area (Å²) in [7, 11) is 0. The Labute approximate surface area is 167 Å². The largest absolute Gasteiger partial charge is 0.462 e. The Morgan fingerprint density at radius 1 is 1.00 bits per heavy atom. The van der Waals surface area contributed by atoms with Crippen LogP contribution in [0, 0.1) is 18.3 Å². The first-order valence-electron chi connectivity index (χ1n) is 10.6. The van der Waals surface area contributed by atoms with Crippen molar-refractivity contribution in [3.63, 3.8) is 0 Å². The lowest BCUT2D eigenvalue weighted by atomic mass is 9.82. The van der Waals surface area contributed by atoms with Crippen LogP contribution in [0.5, 0.6) is 0 Å². The predicted molar refractivity (Wildman–Crippen MR) is 109 cm³/mol. The molecule has 27 heavy (non-hydrogen) atoms. The molecule has 0 aliphatic carbocycles. The first-order valence-corrected chi connectivity index (χ1v) is 10.6. The van der Waals surface area contributed by atoms with E-state index < -0.39 is 17.3 Å². The van der Waals surface area contributed by atoms with Gasteiger partial charge in [0, 0.05) is 6.54 Å². The van der Waals surface area contributed by atoms with Crippen molar-refractivity contribution in [3.8, 4) is 0 Å². The van der Waals surface area contributed by atoms with Crippen LogP contribution in [-0.4, -0.2) is 37.2 Å². The van der Waals surface area contributed by atoms with Gasteiger partial charge in [0.15, 0.2) is 0 Å². The third kappa shape index (κ3) is 11.4. The monoisotopic (exact) mass is 383 g/mol. The summed E-state index contributed by atoms with van der Waals surface area (Å²) in [4.78, 5) is 25.0. The minimum atomic E-state index is -1.23. The topological polar surface area (TPSA) is 64.6 Å². The molecule has 0 heterocycles. The van der Waals surface area contributed by atoms with Crippen molar-refractivity contribution in [1.82, 2.24) is 5.32 Å². The fraction of sp³-hybridized carbons (Fsp3) is 0.864. The second-order valence-electron chi connectivity index (χ2n) is 7.86. The number of ether oxygens (including phenoxy) is 2.